The van der Waals surface area contributed by atoms with E-state index in [0.29, 0.717) is 12.0 Å². The first-order valence-electron chi connectivity index (χ1n) is 8.18. The summed E-state index contributed by atoms with van der Waals surface area (Å²) in [6.07, 6.45) is 8.22. The van der Waals surface area contributed by atoms with E-state index in [1.807, 2.05) is 0 Å². The van der Waals surface area contributed by atoms with Crippen LogP contribution in [0.3, 0.4) is 0 Å². The molecule has 3 nitrogen and oxygen atoms in total. The van der Waals surface area contributed by atoms with E-state index in [2.05, 4.69) is 31.4 Å². The lowest BCUT2D eigenvalue weighted by molar-refractivity contribution is -0.126. The minimum absolute atomic E-state index is 0.227. The highest BCUT2D eigenvalue weighted by atomic mass is 16.1. The van der Waals surface area contributed by atoms with Gasteiger partial charge in [-0.1, -0.05) is 33.1 Å². The van der Waals surface area contributed by atoms with Crippen molar-refractivity contribution in [1.29, 1.82) is 0 Å². The first-order chi connectivity index (χ1) is 9.17. The van der Waals surface area contributed by atoms with E-state index < -0.39 is 0 Å². The molecule has 1 aliphatic rings. The predicted octanol–water partition coefficient (Wildman–Crippen LogP) is 3.10. The Hall–Kier alpha value is -0.570. The summed E-state index contributed by atoms with van der Waals surface area (Å²) in [6, 6.07) is 0.482. The first kappa shape index (κ1) is 16.5. The normalized spacial score (nSPS) is 25.0. The number of piperidine rings is 1. The van der Waals surface area contributed by atoms with Gasteiger partial charge in [-0.3, -0.25) is 4.79 Å². The molecular weight excluding hydrogens is 236 g/mol. The molecule has 0 aromatic rings. The van der Waals surface area contributed by atoms with Crippen LogP contribution >= 0.6 is 0 Å². The molecule has 1 aliphatic heterocycles. The molecule has 1 amide bonds. The van der Waals surface area contributed by atoms with E-state index in [4.69, 9.17) is 0 Å². The quantitative estimate of drug-likeness (QED) is 0.710. The summed E-state index contributed by atoms with van der Waals surface area (Å²) in [5.41, 5.74) is 0. The van der Waals surface area contributed by atoms with Crippen molar-refractivity contribution in [2.24, 2.45) is 11.8 Å². The fraction of sp³-hybridized carbons (Fsp3) is 0.938. The van der Waals surface area contributed by atoms with E-state index >= 15 is 0 Å². The van der Waals surface area contributed by atoms with Crippen LogP contribution in [0, 0.1) is 11.8 Å². The second-order valence-corrected chi connectivity index (χ2v) is 6.12. The Kier molecular flexibility index (Phi) is 8.11. The molecule has 19 heavy (non-hydrogen) atoms. The summed E-state index contributed by atoms with van der Waals surface area (Å²) in [6.45, 7) is 8.49. The summed E-state index contributed by atoms with van der Waals surface area (Å²) < 4.78 is 0. The third-order valence-corrected chi connectivity index (χ3v) is 4.22. The maximum Gasteiger partial charge on any atom is 0.223 e. The van der Waals surface area contributed by atoms with Gasteiger partial charge < -0.3 is 10.6 Å². The average molecular weight is 268 g/mol. The fourth-order valence-corrected chi connectivity index (χ4v) is 3.01. The van der Waals surface area contributed by atoms with Gasteiger partial charge in [0.25, 0.3) is 0 Å². The predicted molar refractivity (Wildman–Crippen MR) is 81.1 cm³/mol. The lowest BCUT2D eigenvalue weighted by Crippen LogP contribution is -2.43. The molecule has 1 rings (SSSR count). The van der Waals surface area contributed by atoms with E-state index in [9.17, 15) is 4.79 Å². The van der Waals surface area contributed by atoms with Gasteiger partial charge in [0.1, 0.15) is 0 Å². The molecular formula is C16H32N2O. The van der Waals surface area contributed by atoms with Crippen LogP contribution in [0.1, 0.15) is 65.7 Å². The molecule has 0 saturated carbocycles. The van der Waals surface area contributed by atoms with Gasteiger partial charge in [-0.15, -0.1) is 0 Å². The molecule has 2 N–H and O–H groups in total. The van der Waals surface area contributed by atoms with Crippen molar-refractivity contribution < 1.29 is 4.79 Å². The largest absolute Gasteiger partial charge is 0.356 e. The number of carbonyl (C=O) groups is 1. The molecule has 112 valence electrons. The van der Waals surface area contributed by atoms with Crippen molar-refractivity contribution in [3.63, 3.8) is 0 Å². The Labute approximate surface area is 118 Å². The fourth-order valence-electron chi connectivity index (χ4n) is 3.01. The number of unbranched alkanes of at least 4 members (excludes halogenated alkanes) is 1. The Morgan fingerprint density at radius 3 is 2.74 bits per heavy atom. The SMILES string of the molecule is CCCCC(CCC)CNC(=O)[C@H]1CCN[C@@H](C)C1. The van der Waals surface area contributed by atoms with Crippen LogP contribution in [0.5, 0.6) is 0 Å². The van der Waals surface area contributed by atoms with Gasteiger partial charge in [-0.2, -0.15) is 0 Å². The van der Waals surface area contributed by atoms with Gasteiger partial charge in [-0.05, 0) is 45.1 Å². The van der Waals surface area contributed by atoms with Crippen LogP contribution in [0.25, 0.3) is 0 Å². The molecule has 0 radical (unpaired) electrons. The molecule has 3 heteroatoms. The average Bonchev–Trinajstić information content (AvgIpc) is 2.41. The Morgan fingerprint density at radius 1 is 1.32 bits per heavy atom. The molecule has 0 aromatic carbocycles. The maximum absolute atomic E-state index is 12.2. The monoisotopic (exact) mass is 268 g/mol. The summed E-state index contributed by atoms with van der Waals surface area (Å²) >= 11 is 0. The minimum Gasteiger partial charge on any atom is -0.356 e. The second kappa shape index (κ2) is 9.35. The minimum atomic E-state index is 0.227. The van der Waals surface area contributed by atoms with E-state index in [0.717, 1.165) is 25.9 Å². The van der Waals surface area contributed by atoms with Crippen LogP contribution in [0.4, 0.5) is 0 Å². The molecule has 1 heterocycles. The molecule has 0 bridgehead atoms. The number of carbonyl (C=O) groups excluding carboxylic acids is 1. The number of hydrogen-bond donors (Lipinski definition) is 2. The molecule has 0 aromatic heterocycles. The lowest BCUT2D eigenvalue weighted by atomic mass is 9.92. The van der Waals surface area contributed by atoms with Gasteiger partial charge >= 0.3 is 0 Å². The molecule has 1 unspecified atom stereocenters. The van der Waals surface area contributed by atoms with Gasteiger partial charge in [0.05, 0.1) is 0 Å². The first-order valence-corrected chi connectivity index (χ1v) is 8.18. The second-order valence-electron chi connectivity index (χ2n) is 6.12. The molecule has 1 saturated heterocycles. The van der Waals surface area contributed by atoms with Crippen molar-refractivity contribution >= 4 is 5.91 Å². The van der Waals surface area contributed by atoms with Crippen molar-refractivity contribution in [2.75, 3.05) is 13.1 Å². The van der Waals surface area contributed by atoms with E-state index in [1.165, 1.54) is 32.1 Å². The van der Waals surface area contributed by atoms with Crippen LogP contribution in [-0.2, 0) is 4.79 Å². The number of amides is 1. The highest BCUT2D eigenvalue weighted by Gasteiger charge is 2.24. The summed E-state index contributed by atoms with van der Waals surface area (Å²) in [5.74, 6) is 1.18. The number of hydrogen-bond acceptors (Lipinski definition) is 2. The van der Waals surface area contributed by atoms with Crippen molar-refractivity contribution in [3.8, 4) is 0 Å². The standard InChI is InChI=1S/C16H32N2O/c1-4-6-8-14(7-5-2)12-18-16(19)15-9-10-17-13(3)11-15/h13-15,17H,4-12H2,1-3H3,(H,18,19)/t13-,14?,15-/m0/s1. The van der Waals surface area contributed by atoms with E-state index in [-0.39, 0.29) is 11.8 Å². The summed E-state index contributed by atoms with van der Waals surface area (Å²) in [5, 5.41) is 6.60. The molecule has 0 aliphatic carbocycles. The maximum atomic E-state index is 12.2. The summed E-state index contributed by atoms with van der Waals surface area (Å²) in [4.78, 5) is 12.2. The van der Waals surface area contributed by atoms with Crippen LogP contribution in [-0.4, -0.2) is 25.0 Å². The van der Waals surface area contributed by atoms with Crippen LogP contribution in [0.2, 0.25) is 0 Å². The van der Waals surface area contributed by atoms with Crippen LogP contribution < -0.4 is 10.6 Å². The molecule has 1 fully saturated rings. The Bertz CT molecular complexity index is 255. The van der Waals surface area contributed by atoms with E-state index in [1.54, 1.807) is 0 Å². The Morgan fingerprint density at radius 2 is 2.11 bits per heavy atom. The summed E-state index contributed by atoms with van der Waals surface area (Å²) in [7, 11) is 0. The zero-order chi connectivity index (χ0) is 14.1. The smallest absolute Gasteiger partial charge is 0.223 e. The van der Waals surface area contributed by atoms with Crippen LogP contribution in [0.15, 0.2) is 0 Å². The molecule has 3 atom stereocenters. The topological polar surface area (TPSA) is 41.1 Å². The van der Waals surface area contributed by atoms with Gasteiger partial charge in [0, 0.05) is 18.5 Å². The zero-order valence-electron chi connectivity index (χ0n) is 13.0. The zero-order valence-corrected chi connectivity index (χ0v) is 13.0. The van der Waals surface area contributed by atoms with Gasteiger partial charge in [0.15, 0.2) is 0 Å². The highest BCUT2D eigenvalue weighted by Crippen LogP contribution is 2.17. The lowest BCUT2D eigenvalue weighted by Gasteiger charge is -2.27. The van der Waals surface area contributed by atoms with Crippen molar-refractivity contribution in [3.05, 3.63) is 0 Å². The third kappa shape index (κ3) is 6.42. The number of rotatable bonds is 8. The van der Waals surface area contributed by atoms with Gasteiger partial charge in [-0.25, -0.2) is 0 Å². The highest BCUT2D eigenvalue weighted by molar-refractivity contribution is 5.78. The molecule has 0 spiro atoms. The number of nitrogens with one attached hydrogen (secondary N) is 2. The van der Waals surface area contributed by atoms with Crippen molar-refractivity contribution in [1.82, 2.24) is 10.6 Å². The Balaban J connectivity index is 2.29. The van der Waals surface area contributed by atoms with Gasteiger partial charge in [0.2, 0.25) is 5.91 Å². The third-order valence-electron chi connectivity index (χ3n) is 4.22. The van der Waals surface area contributed by atoms with Crippen molar-refractivity contribution in [2.45, 2.75) is 71.8 Å².